The number of aliphatic imine (C=N–C) groups is 1. The zero-order valence-corrected chi connectivity index (χ0v) is 21.0. The SMILES string of the molecule is CCn1cc[n+](CCOC(=O)NCCCCCCN=C=O)c1.O=S(=O)([N-]S(=O)(=O)C(F)(F)F)C(F)(F)F. The highest BCUT2D eigenvalue weighted by molar-refractivity contribution is 8.13. The van der Waals surface area contributed by atoms with E-state index >= 15 is 0 Å². The summed E-state index contributed by atoms with van der Waals surface area (Å²) in [5.41, 5.74) is -12.4. The molecule has 0 aliphatic heterocycles. The van der Waals surface area contributed by atoms with Crippen molar-refractivity contribution in [2.24, 2.45) is 4.99 Å². The van der Waals surface area contributed by atoms with Crippen LogP contribution >= 0.6 is 0 Å². The molecular weight excluding hydrogens is 564 g/mol. The van der Waals surface area contributed by atoms with Crippen molar-refractivity contribution in [1.82, 2.24) is 9.88 Å². The Morgan fingerprint density at radius 3 is 2.11 bits per heavy atom. The molecule has 1 amide bonds. The lowest BCUT2D eigenvalue weighted by atomic mass is 10.2. The number of nitrogens with one attached hydrogen (secondary N) is 1. The van der Waals surface area contributed by atoms with Crippen LogP contribution in [0.25, 0.3) is 4.13 Å². The van der Waals surface area contributed by atoms with Crippen molar-refractivity contribution in [3.63, 3.8) is 0 Å². The van der Waals surface area contributed by atoms with E-state index in [1.165, 1.54) is 6.08 Å². The van der Waals surface area contributed by atoms with E-state index in [4.69, 9.17) is 4.74 Å². The summed E-state index contributed by atoms with van der Waals surface area (Å²) in [5.74, 6) is 0. The van der Waals surface area contributed by atoms with E-state index in [1.54, 1.807) is 0 Å². The largest absolute Gasteiger partial charge is 0.480 e. The number of hydrogen-bond acceptors (Lipinski definition) is 8. The van der Waals surface area contributed by atoms with Gasteiger partial charge in [0.25, 0.3) is 0 Å². The lowest BCUT2D eigenvalue weighted by Crippen LogP contribution is -2.35. The van der Waals surface area contributed by atoms with Gasteiger partial charge in [0.1, 0.15) is 25.5 Å². The van der Waals surface area contributed by atoms with Crippen LogP contribution in [0.3, 0.4) is 0 Å². The molecule has 0 saturated carbocycles. The van der Waals surface area contributed by atoms with E-state index in [1.807, 2.05) is 23.3 Å². The van der Waals surface area contributed by atoms with Crippen LogP contribution in [0.15, 0.2) is 23.7 Å². The number of nitrogens with zero attached hydrogens (tertiary/aromatic N) is 4. The predicted octanol–water partition coefficient (Wildman–Crippen LogP) is 2.48. The maximum atomic E-state index is 11.5. The molecule has 37 heavy (non-hydrogen) atoms. The molecule has 0 saturated heterocycles. The molecule has 214 valence electrons. The molecule has 1 heterocycles. The number of halogens is 6. The van der Waals surface area contributed by atoms with Crippen LogP contribution in [-0.2, 0) is 42.7 Å². The number of sulfonamides is 2. The van der Waals surface area contributed by atoms with E-state index in [9.17, 15) is 52.8 Å². The number of hydrogen-bond donors (Lipinski definition) is 1. The van der Waals surface area contributed by atoms with Gasteiger partial charge in [0, 0.05) is 6.54 Å². The Morgan fingerprint density at radius 1 is 1.05 bits per heavy atom. The van der Waals surface area contributed by atoms with Crippen molar-refractivity contribution < 1.29 is 62.1 Å². The zero-order chi connectivity index (χ0) is 28.8. The standard InChI is InChI=1S/C15H24N4O3.C2F6NO4S2/c1-2-18-9-10-19(14-18)11-12-22-15(21)17-8-6-4-3-5-7-16-13-20;3-1(4,5)14(10,11)9-15(12,13)2(6,7)8/h9-10,14H,2-8,11-12H2,1H3;/q;-1/p+1. The molecule has 0 fully saturated rings. The molecule has 0 radical (unpaired) electrons. The summed E-state index contributed by atoms with van der Waals surface area (Å²) >= 11 is 0. The van der Waals surface area contributed by atoms with Gasteiger partial charge in [0.05, 0.1) is 13.1 Å². The summed E-state index contributed by atoms with van der Waals surface area (Å²) in [7, 11) is -13.4. The number of alkyl carbamates (subject to hydrolysis) is 1. The average molecular weight is 590 g/mol. The summed E-state index contributed by atoms with van der Waals surface area (Å²) in [6.45, 7) is 5.15. The summed E-state index contributed by atoms with van der Waals surface area (Å²) in [4.78, 5) is 24.8. The summed E-state index contributed by atoms with van der Waals surface area (Å²) in [5, 5.41) is 2.73. The number of aromatic nitrogens is 2. The second kappa shape index (κ2) is 15.5. The Labute approximate surface area is 208 Å². The van der Waals surface area contributed by atoms with Crippen molar-refractivity contribution in [3.05, 3.63) is 22.8 Å². The Bertz CT molecular complexity index is 1060. The number of unbranched alkanes of at least 4 members (excludes halogenated alkanes) is 3. The number of carbonyl (C=O) groups is 1. The average Bonchev–Trinajstić information content (AvgIpc) is 3.22. The molecule has 12 nitrogen and oxygen atoms in total. The van der Waals surface area contributed by atoms with Gasteiger partial charge in [0.2, 0.25) is 12.4 Å². The first kappa shape index (κ1) is 34.3. The Hall–Kier alpha value is -2.70. The Morgan fingerprint density at radius 2 is 1.62 bits per heavy atom. The molecule has 0 aromatic carbocycles. The lowest BCUT2D eigenvalue weighted by molar-refractivity contribution is -0.697. The van der Waals surface area contributed by atoms with Gasteiger partial charge in [-0.05, 0) is 19.8 Å². The maximum Gasteiger partial charge on any atom is 0.480 e. The number of amides is 1. The number of rotatable bonds is 13. The minimum Gasteiger partial charge on any atom is -0.445 e. The molecule has 0 unspecified atom stereocenters. The van der Waals surface area contributed by atoms with E-state index in [2.05, 4.69) is 21.8 Å². The smallest absolute Gasteiger partial charge is 0.445 e. The molecule has 20 heteroatoms. The van der Waals surface area contributed by atoms with E-state index < -0.39 is 31.1 Å². The second-order valence-corrected chi connectivity index (χ2v) is 10.3. The summed E-state index contributed by atoms with van der Waals surface area (Å²) in [6.07, 6.45) is 10.8. The predicted molar refractivity (Wildman–Crippen MR) is 114 cm³/mol. The van der Waals surface area contributed by atoms with E-state index in [-0.39, 0.29) is 6.09 Å². The topological polar surface area (TPSA) is 159 Å². The normalized spacial score (nSPS) is 12.2. The molecule has 0 bridgehead atoms. The quantitative estimate of drug-likeness (QED) is 0.122. The minimum atomic E-state index is -6.72. The highest BCUT2D eigenvalue weighted by atomic mass is 32.3. The van der Waals surface area contributed by atoms with E-state index in [0.717, 1.165) is 36.4 Å². The van der Waals surface area contributed by atoms with Gasteiger partial charge in [0.15, 0.2) is 20.0 Å². The summed E-state index contributed by atoms with van der Waals surface area (Å²) in [6, 6.07) is 0. The molecule has 0 aliphatic rings. The second-order valence-electron chi connectivity index (χ2n) is 6.85. The lowest BCUT2D eigenvalue weighted by Gasteiger charge is -2.22. The highest BCUT2D eigenvalue weighted by Gasteiger charge is 2.46. The third-order valence-electron chi connectivity index (χ3n) is 4.01. The first-order valence-corrected chi connectivity index (χ1v) is 13.2. The fourth-order valence-corrected chi connectivity index (χ4v) is 3.88. The molecular formula is C17H25F6N5O7S2. The van der Waals surface area contributed by atoms with E-state index in [0.29, 0.717) is 26.2 Å². The third-order valence-corrected chi connectivity index (χ3v) is 6.75. The number of carbonyl (C=O) groups excluding carboxylic acids is 2. The molecule has 1 rings (SSSR count). The first-order chi connectivity index (χ1) is 17.0. The molecule has 0 atom stereocenters. The molecule has 1 aromatic rings. The van der Waals surface area contributed by atoms with Gasteiger partial charge in [-0.2, -0.15) is 26.3 Å². The van der Waals surface area contributed by atoms with Crippen LogP contribution in [0.4, 0.5) is 31.1 Å². The van der Waals surface area contributed by atoms with Crippen LogP contribution in [0.1, 0.15) is 32.6 Å². The zero-order valence-electron chi connectivity index (χ0n) is 19.3. The van der Waals surface area contributed by atoms with Crippen molar-refractivity contribution in [2.75, 3.05) is 19.7 Å². The number of aryl methyl sites for hydroxylation is 1. The van der Waals surface area contributed by atoms with Crippen molar-refractivity contribution in [3.8, 4) is 0 Å². The van der Waals surface area contributed by atoms with Crippen LogP contribution in [-0.4, -0.2) is 64.3 Å². The third kappa shape index (κ3) is 14.0. The van der Waals surface area contributed by atoms with Gasteiger partial charge in [-0.1, -0.05) is 12.8 Å². The fraction of sp³-hybridized carbons (Fsp3) is 0.706. The van der Waals surface area contributed by atoms with Crippen molar-refractivity contribution in [1.29, 1.82) is 0 Å². The maximum absolute atomic E-state index is 11.5. The van der Waals surface area contributed by atoms with Gasteiger partial charge in [-0.15, -0.1) is 0 Å². The summed E-state index contributed by atoms with van der Waals surface area (Å²) < 4.78 is 118. The highest BCUT2D eigenvalue weighted by Crippen LogP contribution is 2.36. The fourth-order valence-electron chi connectivity index (χ4n) is 2.17. The first-order valence-electron chi connectivity index (χ1n) is 10.3. The molecule has 0 spiro atoms. The van der Waals surface area contributed by atoms with Crippen LogP contribution in [0, 0.1) is 0 Å². The van der Waals surface area contributed by atoms with Gasteiger partial charge >= 0.3 is 17.1 Å². The number of imidazole rings is 1. The van der Waals surface area contributed by atoms with Crippen molar-refractivity contribution >= 4 is 32.2 Å². The number of ether oxygens (including phenoxy) is 1. The molecule has 1 N–H and O–H groups in total. The molecule has 1 aromatic heterocycles. The minimum absolute atomic E-state index is 0.355. The molecule has 0 aliphatic carbocycles. The Kier molecular flexibility index (Phi) is 14.4. The van der Waals surface area contributed by atoms with Gasteiger partial charge in [-0.25, -0.2) is 40.6 Å². The monoisotopic (exact) mass is 589 g/mol. The number of alkyl halides is 6. The van der Waals surface area contributed by atoms with Crippen LogP contribution < -0.4 is 9.88 Å². The van der Waals surface area contributed by atoms with Gasteiger partial charge < -0.3 is 14.2 Å². The van der Waals surface area contributed by atoms with Gasteiger partial charge in [-0.3, -0.25) is 0 Å². The van der Waals surface area contributed by atoms with Crippen LogP contribution in [0.5, 0.6) is 0 Å². The van der Waals surface area contributed by atoms with Crippen LogP contribution in [0.2, 0.25) is 0 Å². The van der Waals surface area contributed by atoms with Crippen molar-refractivity contribution in [2.45, 2.75) is 56.7 Å². The Balaban J connectivity index is 0.000000757. The number of isocyanates is 1.